The number of benzene rings is 1. The van der Waals surface area contributed by atoms with Crippen molar-refractivity contribution in [3.05, 3.63) is 41.9 Å². The van der Waals surface area contributed by atoms with Crippen LogP contribution in [0, 0.1) is 5.92 Å². The number of nitrogens with one attached hydrogen (secondary N) is 1. The third-order valence-electron chi connectivity index (χ3n) is 5.05. The third-order valence-corrected chi connectivity index (χ3v) is 5.61. The summed E-state index contributed by atoms with van der Waals surface area (Å²) in [6.07, 6.45) is -0.193. The maximum atomic E-state index is 13.0. The standard InChI is InChI=1S/C18H22ClN3O3S/c1-3-8-21(2)17(25)12-9-13(23)16(24)14-15(12)22(18(26)20-14)11-6-4-10(19)5-7-11/h3-7,12-16,23-24H,1,8-9H2,2H3,(H,20,26)/t12-,13-,14-,15-,16+/m1/s1. The van der Waals surface area contributed by atoms with Crippen molar-refractivity contribution in [3.63, 3.8) is 0 Å². The molecule has 1 aromatic rings. The molecule has 0 bridgehead atoms. The third kappa shape index (κ3) is 3.32. The van der Waals surface area contributed by atoms with E-state index >= 15 is 0 Å². The molecule has 5 atom stereocenters. The molecule has 3 N–H and O–H groups in total. The normalized spacial score (nSPS) is 30.5. The Morgan fingerprint density at radius 2 is 2.12 bits per heavy atom. The number of aliphatic hydroxyl groups is 2. The summed E-state index contributed by atoms with van der Waals surface area (Å²) in [4.78, 5) is 16.4. The molecule has 2 fully saturated rings. The summed E-state index contributed by atoms with van der Waals surface area (Å²) in [7, 11) is 1.70. The molecule has 1 aliphatic carbocycles. The zero-order chi connectivity index (χ0) is 19.0. The average Bonchev–Trinajstić information content (AvgIpc) is 2.96. The number of hydrogen-bond donors (Lipinski definition) is 3. The lowest BCUT2D eigenvalue weighted by Gasteiger charge is -2.42. The van der Waals surface area contributed by atoms with Crippen LogP contribution in [0.25, 0.3) is 0 Å². The Balaban J connectivity index is 1.99. The van der Waals surface area contributed by atoms with Gasteiger partial charge in [-0.2, -0.15) is 0 Å². The number of amides is 1. The molecule has 140 valence electrons. The minimum Gasteiger partial charge on any atom is -0.390 e. The number of aliphatic hydroxyl groups excluding tert-OH is 2. The van der Waals surface area contributed by atoms with Gasteiger partial charge in [-0.05, 0) is 42.9 Å². The molecule has 0 radical (unpaired) electrons. The summed E-state index contributed by atoms with van der Waals surface area (Å²) in [6, 6.07) is 6.22. The minimum atomic E-state index is -1.01. The number of thiocarbonyl (C=S) groups is 1. The highest BCUT2D eigenvalue weighted by Crippen LogP contribution is 2.37. The smallest absolute Gasteiger partial charge is 0.227 e. The molecule has 1 aromatic carbocycles. The van der Waals surface area contributed by atoms with Gasteiger partial charge in [-0.3, -0.25) is 4.79 Å². The van der Waals surface area contributed by atoms with Gasteiger partial charge in [-0.25, -0.2) is 0 Å². The number of fused-ring (bicyclic) bond motifs is 1. The van der Waals surface area contributed by atoms with Crippen LogP contribution in [0.3, 0.4) is 0 Å². The molecular formula is C18H22ClN3O3S. The van der Waals surface area contributed by atoms with Crippen molar-refractivity contribution < 1.29 is 15.0 Å². The van der Waals surface area contributed by atoms with Gasteiger partial charge in [0.25, 0.3) is 0 Å². The van der Waals surface area contributed by atoms with Crippen LogP contribution >= 0.6 is 23.8 Å². The van der Waals surface area contributed by atoms with Gasteiger partial charge in [0.1, 0.15) is 6.10 Å². The van der Waals surface area contributed by atoms with Crippen molar-refractivity contribution in [1.29, 1.82) is 0 Å². The quantitative estimate of drug-likeness (QED) is 0.524. The minimum absolute atomic E-state index is 0.115. The fourth-order valence-electron chi connectivity index (χ4n) is 3.79. The Morgan fingerprint density at radius 1 is 1.46 bits per heavy atom. The zero-order valence-corrected chi connectivity index (χ0v) is 16.0. The van der Waals surface area contributed by atoms with Crippen molar-refractivity contribution in [2.45, 2.75) is 30.7 Å². The monoisotopic (exact) mass is 395 g/mol. The fourth-order valence-corrected chi connectivity index (χ4v) is 4.28. The van der Waals surface area contributed by atoms with Gasteiger partial charge in [0, 0.05) is 24.3 Å². The van der Waals surface area contributed by atoms with E-state index in [1.807, 2.05) is 17.0 Å². The molecule has 0 spiro atoms. The molecular weight excluding hydrogens is 374 g/mol. The molecule has 1 aliphatic heterocycles. The summed E-state index contributed by atoms with van der Waals surface area (Å²) >= 11 is 11.4. The molecule has 1 heterocycles. The molecule has 1 saturated carbocycles. The lowest BCUT2D eigenvalue weighted by atomic mass is 9.77. The van der Waals surface area contributed by atoms with Gasteiger partial charge in [0.05, 0.1) is 24.1 Å². The molecule has 2 aliphatic rings. The first-order valence-corrected chi connectivity index (χ1v) is 9.21. The van der Waals surface area contributed by atoms with E-state index in [-0.39, 0.29) is 12.3 Å². The molecule has 26 heavy (non-hydrogen) atoms. The number of halogens is 1. The Bertz CT molecular complexity index is 714. The van der Waals surface area contributed by atoms with E-state index in [0.29, 0.717) is 16.7 Å². The van der Waals surface area contributed by atoms with E-state index in [4.69, 9.17) is 23.8 Å². The van der Waals surface area contributed by atoms with Gasteiger partial charge in [-0.15, -0.1) is 6.58 Å². The van der Waals surface area contributed by atoms with Gasteiger partial charge in [-0.1, -0.05) is 17.7 Å². The van der Waals surface area contributed by atoms with Crippen LogP contribution in [-0.4, -0.2) is 64.0 Å². The van der Waals surface area contributed by atoms with Crippen LogP contribution < -0.4 is 10.2 Å². The van der Waals surface area contributed by atoms with Crippen LogP contribution in [0.1, 0.15) is 6.42 Å². The fraction of sp³-hybridized carbons (Fsp3) is 0.444. The lowest BCUT2D eigenvalue weighted by Crippen LogP contribution is -2.61. The van der Waals surface area contributed by atoms with Crippen LogP contribution in [0.15, 0.2) is 36.9 Å². The van der Waals surface area contributed by atoms with E-state index < -0.39 is 30.2 Å². The summed E-state index contributed by atoms with van der Waals surface area (Å²) in [5, 5.41) is 24.8. The van der Waals surface area contributed by atoms with E-state index in [0.717, 1.165) is 5.69 Å². The maximum Gasteiger partial charge on any atom is 0.227 e. The Kier molecular flexibility index (Phi) is 5.53. The van der Waals surface area contributed by atoms with Crippen LogP contribution in [-0.2, 0) is 4.79 Å². The summed E-state index contributed by atoms with van der Waals surface area (Å²) < 4.78 is 0. The molecule has 6 nitrogen and oxygen atoms in total. The SMILES string of the molecule is C=CCN(C)C(=O)[C@@H]1C[C@@H](O)[C@H](O)[C@@H]2NC(=S)N(c3ccc(Cl)cc3)[C@@H]21. The summed E-state index contributed by atoms with van der Waals surface area (Å²) in [5.41, 5.74) is 0.784. The predicted octanol–water partition coefficient (Wildman–Crippen LogP) is 1.16. The first-order chi connectivity index (χ1) is 12.3. The summed E-state index contributed by atoms with van der Waals surface area (Å²) in [6.45, 7) is 4.07. The molecule has 3 rings (SSSR count). The van der Waals surface area contributed by atoms with Gasteiger partial charge < -0.3 is 25.3 Å². The lowest BCUT2D eigenvalue weighted by molar-refractivity contribution is -0.139. The van der Waals surface area contributed by atoms with E-state index in [1.54, 1.807) is 30.2 Å². The molecule has 0 aromatic heterocycles. The molecule has 1 saturated heterocycles. The number of anilines is 1. The molecule has 1 amide bonds. The molecule has 8 heteroatoms. The van der Waals surface area contributed by atoms with Gasteiger partial charge >= 0.3 is 0 Å². The highest BCUT2D eigenvalue weighted by Gasteiger charge is 2.54. The van der Waals surface area contributed by atoms with Crippen LogP contribution in [0.2, 0.25) is 5.02 Å². The first-order valence-electron chi connectivity index (χ1n) is 8.42. The zero-order valence-electron chi connectivity index (χ0n) is 14.4. The Hall–Kier alpha value is -1.67. The van der Waals surface area contributed by atoms with Crippen molar-refractivity contribution in [3.8, 4) is 0 Å². The van der Waals surface area contributed by atoms with Crippen LogP contribution in [0.5, 0.6) is 0 Å². The van der Waals surface area contributed by atoms with E-state index in [1.165, 1.54) is 0 Å². The van der Waals surface area contributed by atoms with E-state index in [2.05, 4.69) is 11.9 Å². The van der Waals surface area contributed by atoms with Crippen LogP contribution in [0.4, 0.5) is 5.69 Å². The number of nitrogens with zero attached hydrogens (tertiary/aromatic N) is 2. The second kappa shape index (κ2) is 7.52. The van der Waals surface area contributed by atoms with Crippen molar-refractivity contribution in [2.75, 3.05) is 18.5 Å². The first kappa shape index (κ1) is 19.1. The van der Waals surface area contributed by atoms with Gasteiger partial charge in [0.15, 0.2) is 5.11 Å². The van der Waals surface area contributed by atoms with Crippen molar-refractivity contribution in [2.24, 2.45) is 5.92 Å². The summed E-state index contributed by atoms with van der Waals surface area (Å²) in [5.74, 6) is -0.636. The second-order valence-corrected chi connectivity index (χ2v) is 7.54. The van der Waals surface area contributed by atoms with E-state index in [9.17, 15) is 15.0 Å². The average molecular weight is 396 g/mol. The number of hydrogen-bond acceptors (Lipinski definition) is 4. The van der Waals surface area contributed by atoms with Crippen molar-refractivity contribution >= 4 is 40.5 Å². The van der Waals surface area contributed by atoms with Crippen molar-refractivity contribution in [1.82, 2.24) is 10.2 Å². The topological polar surface area (TPSA) is 76.0 Å². The highest BCUT2D eigenvalue weighted by molar-refractivity contribution is 7.80. The Morgan fingerprint density at radius 3 is 2.73 bits per heavy atom. The number of carbonyl (C=O) groups is 1. The number of likely N-dealkylation sites (N-methyl/N-ethyl adjacent to an activating group) is 1. The largest absolute Gasteiger partial charge is 0.390 e. The number of carbonyl (C=O) groups excluding carboxylic acids is 1. The predicted molar refractivity (Wildman–Crippen MR) is 105 cm³/mol. The van der Waals surface area contributed by atoms with Gasteiger partial charge in [0.2, 0.25) is 5.91 Å². The molecule has 0 unspecified atom stereocenters. The second-order valence-electron chi connectivity index (χ2n) is 6.72. The Labute approximate surface area is 163 Å². The number of rotatable bonds is 4. The highest BCUT2D eigenvalue weighted by atomic mass is 35.5. The maximum absolute atomic E-state index is 13.0.